The third-order valence-corrected chi connectivity index (χ3v) is 4.46. The molecule has 1 saturated heterocycles. The number of pyridine rings is 1. The number of nitrogens with zero attached hydrogens (tertiary/aromatic N) is 2. The zero-order chi connectivity index (χ0) is 14.8. The first kappa shape index (κ1) is 15.4. The number of rotatable bonds is 4. The molecule has 0 saturated carbocycles. The van der Waals surface area contributed by atoms with Crippen molar-refractivity contribution in [1.29, 1.82) is 0 Å². The van der Waals surface area contributed by atoms with E-state index in [-0.39, 0.29) is 11.4 Å². The SMILES string of the molecule is CCC1(C)CN(Cc2cncc(F)c2)C(C(C)C)CN1. The smallest absolute Gasteiger partial charge is 0.141 e. The Labute approximate surface area is 121 Å². The Morgan fingerprint density at radius 2 is 2.25 bits per heavy atom. The summed E-state index contributed by atoms with van der Waals surface area (Å²) in [5, 5.41) is 3.67. The lowest BCUT2D eigenvalue weighted by atomic mass is 9.89. The lowest BCUT2D eigenvalue weighted by molar-refractivity contribution is 0.0537. The van der Waals surface area contributed by atoms with Gasteiger partial charge in [0.25, 0.3) is 0 Å². The Bertz CT molecular complexity index is 449. The highest BCUT2D eigenvalue weighted by Gasteiger charge is 2.35. The molecule has 3 nitrogen and oxygen atoms in total. The van der Waals surface area contributed by atoms with Crippen LogP contribution in [0.1, 0.15) is 39.7 Å². The van der Waals surface area contributed by atoms with Crippen LogP contribution in [0.5, 0.6) is 0 Å². The van der Waals surface area contributed by atoms with E-state index in [1.165, 1.54) is 6.20 Å². The molecule has 0 amide bonds. The maximum absolute atomic E-state index is 13.3. The summed E-state index contributed by atoms with van der Waals surface area (Å²) in [6.07, 6.45) is 4.12. The van der Waals surface area contributed by atoms with Crippen molar-refractivity contribution < 1.29 is 4.39 Å². The first-order valence-electron chi connectivity index (χ1n) is 7.52. The highest BCUT2D eigenvalue weighted by atomic mass is 19.1. The van der Waals surface area contributed by atoms with Crippen LogP contribution in [0.2, 0.25) is 0 Å². The molecule has 112 valence electrons. The Balaban J connectivity index is 2.15. The predicted molar refractivity (Wildman–Crippen MR) is 79.9 cm³/mol. The maximum atomic E-state index is 13.3. The van der Waals surface area contributed by atoms with Crippen LogP contribution in [-0.4, -0.2) is 34.6 Å². The van der Waals surface area contributed by atoms with Gasteiger partial charge in [-0.25, -0.2) is 4.39 Å². The van der Waals surface area contributed by atoms with Crippen molar-refractivity contribution in [2.75, 3.05) is 13.1 Å². The summed E-state index contributed by atoms with van der Waals surface area (Å²) in [6, 6.07) is 2.08. The summed E-state index contributed by atoms with van der Waals surface area (Å²) < 4.78 is 13.3. The maximum Gasteiger partial charge on any atom is 0.141 e. The summed E-state index contributed by atoms with van der Waals surface area (Å²) in [5.41, 5.74) is 1.10. The van der Waals surface area contributed by atoms with Gasteiger partial charge in [-0.3, -0.25) is 9.88 Å². The molecule has 1 aromatic rings. The van der Waals surface area contributed by atoms with Crippen molar-refractivity contribution in [2.45, 2.75) is 52.2 Å². The number of nitrogens with one attached hydrogen (secondary N) is 1. The molecule has 2 rings (SSSR count). The fraction of sp³-hybridized carbons (Fsp3) is 0.688. The van der Waals surface area contributed by atoms with Crippen molar-refractivity contribution >= 4 is 0 Å². The van der Waals surface area contributed by atoms with Crippen LogP contribution in [0, 0.1) is 11.7 Å². The molecule has 2 unspecified atom stereocenters. The van der Waals surface area contributed by atoms with Crippen LogP contribution < -0.4 is 5.32 Å². The van der Waals surface area contributed by atoms with Crippen molar-refractivity contribution in [3.8, 4) is 0 Å². The lowest BCUT2D eigenvalue weighted by Gasteiger charge is -2.47. The van der Waals surface area contributed by atoms with Gasteiger partial charge in [0.15, 0.2) is 0 Å². The second-order valence-electron chi connectivity index (χ2n) is 6.52. The fourth-order valence-corrected chi connectivity index (χ4v) is 2.95. The van der Waals surface area contributed by atoms with Crippen LogP contribution in [0.4, 0.5) is 4.39 Å². The van der Waals surface area contributed by atoms with Crippen molar-refractivity contribution in [3.05, 3.63) is 29.8 Å². The van der Waals surface area contributed by atoms with E-state index in [9.17, 15) is 4.39 Å². The first-order chi connectivity index (χ1) is 9.43. The predicted octanol–water partition coefficient (Wildman–Crippen LogP) is 2.82. The second-order valence-corrected chi connectivity index (χ2v) is 6.52. The van der Waals surface area contributed by atoms with Gasteiger partial charge in [0.2, 0.25) is 0 Å². The van der Waals surface area contributed by atoms with Gasteiger partial charge in [-0.1, -0.05) is 20.8 Å². The van der Waals surface area contributed by atoms with E-state index in [4.69, 9.17) is 0 Å². The summed E-state index contributed by atoms with van der Waals surface area (Å²) in [4.78, 5) is 6.43. The zero-order valence-corrected chi connectivity index (χ0v) is 13.0. The van der Waals surface area contributed by atoms with E-state index in [0.717, 1.165) is 31.6 Å². The van der Waals surface area contributed by atoms with Crippen molar-refractivity contribution in [2.24, 2.45) is 5.92 Å². The number of halogens is 1. The van der Waals surface area contributed by atoms with Gasteiger partial charge < -0.3 is 5.32 Å². The van der Waals surface area contributed by atoms with E-state index in [1.807, 2.05) is 0 Å². The van der Waals surface area contributed by atoms with Gasteiger partial charge in [0.05, 0.1) is 6.20 Å². The molecule has 4 heteroatoms. The van der Waals surface area contributed by atoms with Gasteiger partial charge >= 0.3 is 0 Å². The monoisotopic (exact) mass is 279 g/mol. The third-order valence-electron chi connectivity index (χ3n) is 4.46. The molecule has 2 atom stereocenters. The van der Waals surface area contributed by atoms with Crippen molar-refractivity contribution in [3.63, 3.8) is 0 Å². The van der Waals surface area contributed by atoms with E-state index < -0.39 is 0 Å². The van der Waals surface area contributed by atoms with Gasteiger partial charge in [0, 0.05) is 37.4 Å². The molecule has 0 bridgehead atoms. The fourth-order valence-electron chi connectivity index (χ4n) is 2.95. The van der Waals surface area contributed by atoms with Crippen LogP contribution in [0.15, 0.2) is 18.5 Å². The molecule has 0 spiro atoms. The summed E-state index contributed by atoms with van der Waals surface area (Å²) in [7, 11) is 0. The molecule has 20 heavy (non-hydrogen) atoms. The minimum absolute atomic E-state index is 0.145. The highest BCUT2D eigenvalue weighted by Crippen LogP contribution is 2.24. The average molecular weight is 279 g/mol. The van der Waals surface area contributed by atoms with E-state index in [2.05, 4.69) is 42.9 Å². The third kappa shape index (κ3) is 3.55. The number of hydrogen-bond donors (Lipinski definition) is 1. The van der Waals surface area contributed by atoms with Crippen LogP contribution in [0.3, 0.4) is 0 Å². The molecular formula is C16H26FN3. The molecule has 1 aromatic heterocycles. The Kier molecular flexibility index (Phi) is 4.76. The van der Waals surface area contributed by atoms with Gasteiger partial charge in [-0.2, -0.15) is 0 Å². The second kappa shape index (κ2) is 6.19. The lowest BCUT2D eigenvalue weighted by Crippen LogP contribution is -2.63. The zero-order valence-electron chi connectivity index (χ0n) is 13.0. The Hall–Kier alpha value is -1.00. The molecule has 1 N–H and O–H groups in total. The molecule has 1 fully saturated rings. The summed E-state index contributed by atoms with van der Waals surface area (Å²) in [5.74, 6) is 0.322. The van der Waals surface area contributed by atoms with Crippen LogP contribution in [-0.2, 0) is 6.54 Å². The molecule has 2 heterocycles. The summed E-state index contributed by atoms with van der Waals surface area (Å²) in [6.45, 7) is 11.7. The van der Waals surface area contributed by atoms with E-state index in [0.29, 0.717) is 12.0 Å². The molecule has 0 aromatic carbocycles. The molecular weight excluding hydrogens is 253 g/mol. The van der Waals surface area contributed by atoms with E-state index in [1.54, 1.807) is 12.3 Å². The largest absolute Gasteiger partial charge is 0.309 e. The average Bonchev–Trinajstić information content (AvgIpc) is 2.38. The standard InChI is InChI=1S/C16H26FN3/c1-5-16(4)11-20(15(9-19-16)12(2)3)10-13-6-14(17)8-18-7-13/h6-8,12,15,19H,5,9-11H2,1-4H3. The summed E-state index contributed by atoms with van der Waals surface area (Å²) >= 11 is 0. The normalized spacial score (nSPS) is 28.0. The Morgan fingerprint density at radius 3 is 2.85 bits per heavy atom. The first-order valence-corrected chi connectivity index (χ1v) is 7.52. The van der Waals surface area contributed by atoms with E-state index >= 15 is 0 Å². The Morgan fingerprint density at radius 1 is 1.50 bits per heavy atom. The van der Waals surface area contributed by atoms with Gasteiger partial charge in [-0.15, -0.1) is 0 Å². The number of piperazine rings is 1. The minimum Gasteiger partial charge on any atom is -0.309 e. The van der Waals surface area contributed by atoms with Crippen LogP contribution >= 0.6 is 0 Å². The number of aromatic nitrogens is 1. The molecule has 0 radical (unpaired) electrons. The molecule has 1 aliphatic rings. The van der Waals surface area contributed by atoms with Gasteiger partial charge in [0.1, 0.15) is 5.82 Å². The molecule has 0 aliphatic carbocycles. The number of hydrogen-bond acceptors (Lipinski definition) is 3. The van der Waals surface area contributed by atoms with Crippen LogP contribution in [0.25, 0.3) is 0 Å². The topological polar surface area (TPSA) is 28.2 Å². The molecule has 1 aliphatic heterocycles. The minimum atomic E-state index is -0.253. The van der Waals surface area contributed by atoms with Gasteiger partial charge in [-0.05, 0) is 30.9 Å². The van der Waals surface area contributed by atoms with Crippen molar-refractivity contribution in [1.82, 2.24) is 15.2 Å². The quantitative estimate of drug-likeness (QED) is 0.918. The highest BCUT2D eigenvalue weighted by molar-refractivity contribution is 5.11.